The highest BCUT2D eigenvalue weighted by Gasteiger charge is 2.15. The molecule has 0 aromatic carbocycles. The van der Waals surface area contributed by atoms with Crippen molar-refractivity contribution in [3.8, 4) is 0 Å². The van der Waals surface area contributed by atoms with Crippen LogP contribution < -0.4 is 5.32 Å². The van der Waals surface area contributed by atoms with Gasteiger partial charge in [0, 0.05) is 15.5 Å². The topological polar surface area (TPSA) is 12.0 Å². The van der Waals surface area contributed by atoms with E-state index in [0.29, 0.717) is 0 Å². The summed E-state index contributed by atoms with van der Waals surface area (Å²) < 4.78 is 0. The van der Waals surface area contributed by atoms with Crippen molar-refractivity contribution in [1.82, 2.24) is 5.32 Å². The molecular weight excluding hydrogens is 226 g/mol. The molecule has 0 bridgehead atoms. The molecular formula is C15H17NS. The Labute approximate surface area is 108 Å². The van der Waals surface area contributed by atoms with Crippen LogP contribution in [-0.4, -0.2) is 0 Å². The van der Waals surface area contributed by atoms with E-state index in [0.717, 1.165) is 16.3 Å². The van der Waals surface area contributed by atoms with Crippen molar-refractivity contribution in [2.45, 2.75) is 6.92 Å². The number of allylic oxidation sites excluding steroid dienone is 8. The molecule has 0 saturated carbocycles. The second kappa shape index (κ2) is 6.81. The van der Waals surface area contributed by atoms with E-state index < -0.39 is 0 Å². The molecule has 1 aliphatic heterocycles. The lowest BCUT2D eigenvalue weighted by molar-refractivity contribution is 0.986. The van der Waals surface area contributed by atoms with Gasteiger partial charge in [0.2, 0.25) is 0 Å². The summed E-state index contributed by atoms with van der Waals surface area (Å²) in [6, 6.07) is 0. The molecule has 1 aliphatic rings. The zero-order chi connectivity index (χ0) is 12.7. The third-order valence-electron chi connectivity index (χ3n) is 2.11. The Morgan fingerprint density at radius 1 is 1.06 bits per heavy atom. The first kappa shape index (κ1) is 13.4. The SMILES string of the molecule is C=C/C=C\C1=C(C)NC(=C/C=C)/C(=C\C=C)S1. The molecule has 0 saturated heterocycles. The average Bonchev–Trinajstić information content (AvgIpc) is 2.31. The Balaban J connectivity index is 3.11. The normalized spacial score (nSPS) is 20.8. The van der Waals surface area contributed by atoms with Gasteiger partial charge < -0.3 is 5.32 Å². The Kier molecular flexibility index (Phi) is 5.37. The van der Waals surface area contributed by atoms with Crippen molar-refractivity contribution >= 4 is 11.8 Å². The van der Waals surface area contributed by atoms with Crippen molar-refractivity contribution in [3.05, 3.63) is 83.5 Å². The molecule has 17 heavy (non-hydrogen) atoms. The van der Waals surface area contributed by atoms with Gasteiger partial charge in [-0.1, -0.05) is 55.8 Å². The maximum Gasteiger partial charge on any atom is 0.0523 e. The van der Waals surface area contributed by atoms with Crippen LogP contribution in [0.25, 0.3) is 0 Å². The van der Waals surface area contributed by atoms with Crippen molar-refractivity contribution < 1.29 is 0 Å². The van der Waals surface area contributed by atoms with E-state index in [2.05, 4.69) is 32.0 Å². The highest BCUT2D eigenvalue weighted by molar-refractivity contribution is 8.07. The molecule has 0 aromatic rings. The third kappa shape index (κ3) is 3.68. The summed E-state index contributed by atoms with van der Waals surface area (Å²) in [6.45, 7) is 13.2. The Hall–Kier alpha value is -1.67. The first-order valence-corrected chi connectivity index (χ1v) is 6.15. The van der Waals surface area contributed by atoms with Crippen LogP contribution >= 0.6 is 11.8 Å². The number of hydrogen-bond acceptors (Lipinski definition) is 2. The Morgan fingerprint density at radius 2 is 1.76 bits per heavy atom. The van der Waals surface area contributed by atoms with Crippen LogP contribution in [0.3, 0.4) is 0 Å². The van der Waals surface area contributed by atoms with Gasteiger partial charge in [-0.25, -0.2) is 0 Å². The van der Waals surface area contributed by atoms with Gasteiger partial charge in [-0.15, -0.1) is 0 Å². The molecule has 0 atom stereocenters. The summed E-state index contributed by atoms with van der Waals surface area (Å²) in [5.41, 5.74) is 2.18. The van der Waals surface area contributed by atoms with Gasteiger partial charge in [-0.05, 0) is 25.2 Å². The predicted molar refractivity (Wildman–Crippen MR) is 79.3 cm³/mol. The molecule has 1 heterocycles. The number of thioether (sulfide) groups is 1. The van der Waals surface area contributed by atoms with Crippen molar-refractivity contribution in [2.75, 3.05) is 0 Å². The maximum absolute atomic E-state index is 3.73. The van der Waals surface area contributed by atoms with Gasteiger partial charge in [-0.2, -0.15) is 0 Å². The van der Waals surface area contributed by atoms with Crippen LogP contribution in [0.2, 0.25) is 0 Å². The summed E-state index contributed by atoms with van der Waals surface area (Å²) >= 11 is 1.71. The summed E-state index contributed by atoms with van der Waals surface area (Å²) in [5.74, 6) is 0. The molecule has 1 rings (SSSR count). The zero-order valence-electron chi connectivity index (χ0n) is 10.1. The molecule has 0 aromatic heterocycles. The second-order valence-corrected chi connectivity index (χ2v) is 4.48. The Morgan fingerprint density at radius 3 is 2.35 bits per heavy atom. The van der Waals surface area contributed by atoms with Crippen LogP contribution in [0.15, 0.2) is 83.5 Å². The maximum atomic E-state index is 3.73. The van der Waals surface area contributed by atoms with Crippen LogP contribution in [-0.2, 0) is 0 Å². The van der Waals surface area contributed by atoms with Gasteiger partial charge >= 0.3 is 0 Å². The van der Waals surface area contributed by atoms with E-state index in [-0.39, 0.29) is 0 Å². The Bertz CT molecular complexity index is 448. The first-order valence-electron chi connectivity index (χ1n) is 5.33. The number of nitrogens with one attached hydrogen (secondary N) is 1. The lowest BCUT2D eigenvalue weighted by Gasteiger charge is -2.22. The summed E-state index contributed by atoms with van der Waals surface area (Å²) in [6.07, 6.45) is 13.3. The molecule has 88 valence electrons. The molecule has 0 radical (unpaired) electrons. The van der Waals surface area contributed by atoms with Crippen LogP contribution in [0, 0.1) is 0 Å². The van der Waals surface area contributed by atoms with Crippen LogP contribution in [0.5, 0.6) is 0 Å². The summed E-state index contributed by atoms with van der Waals surface area (Å²) in [4.78, 5) is 2.31. The van der Waals surface area contributed by atoms with Gasteiger partial charge in [0.05, 0.1) is 5.70 Å². The van der Waals surface area contributed by atoms with Crippen molar-refractivity contribution in [3.63, 3.8) is 0 Å². The van der Waals surface area contributed by atoms with E-state index in [1.807, 2.05) is 24.3 Å². The third-order valence-corrected chi connectivity index (χ3v) is 3.35. The lowest BCUT2D eigenvalue weighted by Crippen LogP contribution is -2.16. The van der Waals surface area contributed by atoms with E-state index in [4.69, 9.17) is 0 Å². The molecule has 1 N–H and O–H groups in total. The van der Waals surface area contributed by atoms with Gasteiger partial charge in [-0.3, -0.25) is 0 Å². The van der Waals surface area contributed by atoms with Crippen molar-refractivity contribution in [2.24, 2.45) is 0 Å². The molecule has 1 nitrogen and oxygen atoms in total. The molecule has 0 aliphatic carbocycles. The van der Waals surface area contributed by atoms with E-state index in [1.54, 1.807) is 30.0 Å². The van der Waals surface area contributed by atoms with E-state index >= 15 is 0 Å². The smallest absolute Gasteiger partial charge is 0.0523 e. The monoisotopic (exact) mass is 243 g/mol. The first-order chi connectivity index (χ1) is 8.22. The lowest BCUT2D eigenvalue weighted by atomic mass is 10.3. The van der Waals surface area contributed by atoms with E-state index in [9.17, 15) is 0 Å². The van der Waals surface area contributed by atoms with Gasteiger partial charge in [0.25, 0.3) is 0 Å². The van der Waals surface area contributed by atoms with Crippen LogP contribution in [0.4, 0.5) is 0 Å². The van der Waals surface area contributed by atoms with Gasteiger partial charge in [0.1, 0.15) is 0 Å². The molecule has 0 fully saturated rings. The molecule has 0 amide bonds. The fourth-order valence-corrected chi connectivity index (χ4v) is 2.34. The minimum atomic E-state index is 1.05. The predicted octanol–water partition coefficient (Wildman–Crippen LogP) is 4.44. The van der Waals surface area contributed by atoms with Gasteiger partial charge in [0.15, 0.2) is 0 Å². The zero-order valence-corrected chi connectivity index (χ0v) is 10.9. The fraction of sp³-hybridized carbons (Fsp3) is 0.0667. The second-order valence-electron chi connectivity index (χ2n) is 3.39. The minimum Gasteiger partial charge on any atom is -0.357 e. The average molecular weight is 243 g/mol. The largest absolute Gasteiger partial charge is 0.357 e. The van der Waals surface area contributed by atoms with Crippen molar-refractivity contribution in [1.29, 1.82) is 0 Å². The highest BCUT2D eigenvalue weighted by atomic mass is 32.2. The fourth-order valence-electron chi connectivity index (χ4n) is 1.36. The molecule has 2 heteroatoms. The minimum absolute atomic E-state index is 1.05. The number of hydrogen-bond donors (Lipinski definition) is 1. The highest BCUT2D eigenvalue weighted by Crippen LogP contribution is 2.37. The standard InChI is InChI=1S/C15H17NS/c1-5-8-11-14-12(4)16-13(9-6-2)15(17-14)10-7-3/h5-11,16H,1-3H2,4H3/b11-8-,13-9+,15-10+. The van der Waals surface area contributed by atoms with E-state index in [1.165, 1.54) is 4.91 Å². The van der Waals surface area contributed by atoms with Crippen LogP contribution in [0.1, 0.15) is 6.92 Å². The quantitative estimate of drug-likeness (QED) is 0.733. The number of rotatable bonds is 4. The summed E-state index contributed by atoms with van der Waals surface area (Å²) in [5, 5.41) is 3.36. The molecule has 0 spiro atoms. The summed E-state index contributed by atoms with van der Waals surface area (Å²) in [7, 11) is 0. The molecule has 0 unspecified atom stereocenters.